The number of hydrogen-bond donors (Lipinski definition) is 1. The highest BCUT2D eigenvalue weighted by Crippen LogP contribution is 2.36. The van der Waals surface area contributed by atoms with Crippen LogP contribution in [0.25, 0.3) is 33.3 Å². The Kier molecular flexibility index (Phi) is 3.46. The van der Waals surface area contributed by atoms with Crippen LogP contribution in [-0.2, 0) is 0 Å². The van der Waals surface area contributed by atoms with Crippen molar-refractivity contribution >= 4 is 11.0 Å². The Bertz CT molecular complexity index is 1090. The molecule has 2 heterocycles. The second-order valence-corrected chi connectivity index (χ2v) is 6.40. The molecule has 2 aromatic carbocycles. The summed E-state index contributed by atoms with van der Waals surface area (Å²) in [7, 11) is 0. The third-order valence-electron chi connectivity index (χ3n) is 4.52. The van der Waals surface area contributed by atoms with Crippen molar-refractivity contribution in [3.63, 3.8) is 0 Å². The third-order valence-corrected chi connectivity index (χ3v) is 4.52. The summed E-state index contributed by atoms with van der Waals surface area (Å²) in [6, 6.07) is 8.91. The number of fused-ring (bicyclic) bond motifs is 1. The predicted octanol–water partition coefficient (Wildman–Crippen LogP) is 5.26. The Balaban J connectivity index is 2.08. The second-order valence-electron chi connectivity index (χ2n) is 6.40. The Morgan fingerprint density at radius 2 is 1.80 bits per heavy atom. The summed E-state index contributed by atoms with van der Waals surface area (Å²) in [4.78, 5) is 7.90. The van der Waals surface area contributed by atoms with E-state index >= 15 is 0 Å². The maximum Gasteiger partial charge on any atom is 0.141 e. The van der Waals surface area contributed by atoms with E-state index in [-0.39, 0.29) is 5.82 Å². The van der Waals surface area contributed by atoms with Crippen LogP contribution >= 0.6 is 0 Å². The van der Waals surface area contributed by atoms with Crippen LogP contribution in [0.4, 0.5) is 4.39 Å². The summed E-state index contributed by atoms with van der Waals surface area (Å²) in [5.74, 6) is 1.32. The van der Waals surface area contributed by atoms with Gasteiger partial charge in [0.25, 0.3) is 0 Å². The Hall–Kier alpha value is -2.95. The van der Waals surface area contributed by atoms with Crippen LogP contribution in [0.3, 0.4) is 0 Å². The van der Waals surface area contributed by atoms with Crippen LogP contribution in [0.5, 0.6) is 0 Å². The van der Waals surface area contributed by atoms with Gasteiger partial charge in [-0.1, -0.05) is 11.2 Å². The van der Waals surface area contributed by atoms with E-state index in [2.05, 4.69) is 15.1 Å². The lowest BCUT2D eigenvalue weighted by Gasteiger charge is -2.10. The Morgan fingerprint density at radius 1 is 1.00 bits per heavy atom. The molecular formula is C20H18FN3O. The normalized spacial score (nSPS) is 11.4. The number of imidazole rings is 1. The van der Waals surface area contributed by atoms with Crippen molar-refractivity contribution in [3.05, 3.63) is 59.0 Å². The average Bonchev–Trinajstić information content (AvgIpc) is 3.10. The molecule has 0 aliphatic heterocycles. The van der Waals surface area contributed by atoms with Crippen molar-refractivity contribution in [2.45, 2.75) is 27.7 Å². The fourth-order valence-corrected chi connectivity index (χ4v) is 3.37. The molecule has 25 heavy (non-hydrogen) atoms. The van der Waals surface area contributed by atoms with Gasteiger partial charge in [0, 0.05) is 11.1 Å². The number of benzene rings is 2. The monoisotopic (exact) mass is 335 g/mol. The zero-order chi connectivity index (χ0) is 17.7. The van der Waals surface area contributed by atoms with Gasteiger partial charge >= 0.3 is 0 Å². The lowest BCUT2D eigenvalue weighted by Crippen LogP contribution is -1.90. The Morgan fingerprint density at radius 3 is 2.52 bits per heavy atom. The molecule has 0 unspecified atom stereocenters. The fraction of sp³-hybridized carbons (Fsp3) is 0.200. The van der Waals surface area contributed by atoms with Crippen molar-refractivity contribution in [1.29, 1.82) is 0 Å². The molecule has 2 aromatic heterocycles. The van der Waals surface area contributed by atoms with Crippen LogP contribution in [0.1, 0.15) is 22.8 Å². The van der Waals surface area contributed by atoms with E-state index in [1.165, 1.54) is 6.07 Å². The predicted molar refractivity (Wildman–Crippen MR) is 95.9 cm³/mol. The fourth-order valence-electron chi connectivity index (χ4n) is 3.37. The summed E-state index contributed by atoms with van der Waals surface area (Å²) in [6.07, 6.45) is 0. The van der Waals surface area contributed by atoms with Crippen LogP contribution in [-0.4, -0.2) is 15.1 Å². The van der Waals surface area contributed by atoms with Crippen LogP contribution in [0, 0.1) is 33.5 Å². The van der Waals surface area contributed by atoms with Crippen LogP contribution < -0.4 is 0 Å². The molecule has 0 saturated carbocycles. The number of nitrogens with one attached hydrogen (secondary N) is 1. The molecule has 0 atom stereocenters. The van der Waals surface area contributed by atoms with Gasteiger partial charge in [-0.3, -0.25) is 0 Å². The van der Waals surface area contributed by atoms with Crippen LogP contribution in [0.15, 0.2) is 34.9 Å². The molecular weight excluding hydrogens is 317 g/mol. The highest BCUT2D eigenvalue weighted by molar-refractivity contribution is 5.97. The van der Waals surface area contributed by atoms with Gasteiger partial charge in [-0.05, 0) is 68.7 Å². The molecule has 0 radical (unpaired) electrons. The maximum absolute atomic E-state index is 13.9. The molecule has 0 aliphatic rings. The summed E-state index contributed by atoms with van der Waals surface area (Å²) in [5, 5.41) is 4.05. The van der Waals surface area contributed by atoms with Gasteiger partial charge in [-0.25, -0.2) is 9.37 Å². The molecule has 0 saturated heterocycles. The molecule has 0 bridgehead atoms. The van der Waals surface area contributed by atoms with Crippen molar-refractivity contribution in [2.75, 3.05) is 0 Å². The number of hydrogen-bond acceptors (Lipinski definition) is 3. The average molecular weight is 335 g/mol. The first-order valence-corrected chi connectivity index (χ1v) is 8.14. The Labute approximate surface area is 144 Å². The van der Waals surface area contributed by atoms with Gasteiger partial charge in [0.05, 0.1) is 16.7 Å². The third kappa shape index (κ3) is 2.52. The molecule has 126 valence electrons. The molecule has 0 spiro atoms. The molecule has 0 aliphatic carbocycles. The van der Waals surface area contributed by atoms with Gasteiger partial charge in [0.2, 0.25) is 0 Å². The van der Waals surface area contributed by atoms with Gasteiger partial charge in [0.15, 0.2) is 0 Å². The lowest BCUT2D eigenvalue weighted by molar-refractivity contribution is 0.393. The number of halogens is 1. The van der Waals surface area contributed by atoms with Gasteiger partial charge in [0.1, 0.15) is 17.4 Å². The summed E-state index contributed by atoms with van der Waals surface area (Å²) in [6.45, 7) is 7.70. The SMILES string of the molecule is Cc1nc2c(-c3cc(F)ccc3C)cc(-c3c(C)noc3C)cc2[nH]1. The summed E-state index contributed by atoms with van der Waals surface area (Å²) >= 11 is 0. The standard InChI is InChI=1S/C20H18FN3O/c1-10-5-6-15(21)9-16(10)17-7-14(19-11(2)24-25-12(19)3)8-18-20(17)23-13(4)22-18/h5-9H,1-4H3,(H,22,23). The maximum atomic E-state index is 13.9. The molecule has 0 amide bonds. The highest BCUT2D eigenvalue weighted by Gasteiger charge is 2.17. The minimum Gasteiger partial charge on any atom is -0.361 e. The molecule has 1 N–H and O–H groups in total. The van der Waals surface area contributed by atoms with Gasteiger partial charge in [-0.2, -0.15) is 0 Å². The first-order valence-electron chi connectivity index (χ1n) is 8.14. The first-order chi connectivity index (χ1) is 11.9. The van der Waals surface area contributed by atoms with E-state index in [0.717, 1.165) is 56.1 Å². The number of aromatic amines is 1. The molecule has 0 fully saturated rings. The number of aromatic nitrogens is 3. The van der Waals surface area contributed by atoms with Crippen LogP contribution in [0.2, 0.25) is 0 Å². The van der Waals surface area contributed by atoms with E-state index in [4.69, 9.17) is 4.52 Å². The molecule has 4 aromatic rings. The molecule has 4 rings (SSSR count). The van der Waals surface area contributed by atoms with E-state index < -0.39 is 0 Å². The molecule has 4 nitrogen and oxygen atoms in total. The largest absolute Gasteiger partial charge is 0.361 e. The minimum absolute atomic E-state index is 0.260. The summed E-state index contributed by atoms with van der Waals surface area (Å²) in [5.41, 5.74) is 7.25. The van der Waals surface area contributed by atoms with Crippen molar-refractivity contribution < 1.29 is 8.91 Å². The zero-order valence-corrected chi connectivity index (χ0v) is 14.6. The van der Waals surface area contributed by atoms with E-state index in [9.17, 15) is 4.39 Å². The number of aryl methyl sites for hydroxylation is 4. The van der Waals surface area contributed by atoms with Crippen molar-refractivity contribution in [1.82, 2.24) is 15.1 Å². The topological polar surface area (TPSA) is 54.7 Å². The van der Waals surface area contributed by atoms with E-state index in [0.29, 0.717) is 0 Å². The number of nitrogens with zero attached hydrogens (tertiary/aromatic N) is 2. The van der Waals surface area contributed by atoms with Gasteiger partial charge in [-0.15, -0.1) is 0 Å². The van der Waals surface area contributed by atoms with E-state index in [1.54, 1.807) is 12.1 Å². The minimum atomic E-state index is -0.260. The van der Waals surface area contributed by atoms with Gasteiger partial charge < -0.3 is 9.51 Å². The quantitative estimate of drug-likeness (QED) is 0.544. The van der Waals surface area contributed by atoms with Crippen molar-refractivity contribution in [3.8, 4) is 22.3 Å². The summed E-state index contributed by atoms with van der Waals surface area (Å²) < 4.78 is 19.2. The second kappa shape index (κ2) is 5.55. The number of rotatable bonds is 2. The first kappa shape index (κ1) is 15.6. The number of H-pyrrole nitrogens is 1. The van der Waals surface area contributed by atoms with Crippen molar-refractivity contribution in [2.24, 2.45) is 0 Å². The highest BCUT2D eigenvalue weighted by atomic mass is 19.1. The zero-order valence-electron chi connectivity index (χ0n) is 14.6. The smallest absolute Gasteiger partial charge is 0.141 e. The molecule has 5 heteroatoms. The lowest BCUT2D eigenvalue weighted by atomic mass is 9.94. The van der Waals surface area contributed by atoms with E-state index in [1.807, 2.05) is 39.8 Å².